The van der Waals surface area contributed by atoms with Crippen LogP contribution in [0.15, 0.2) is 30.3 Å². The SMILES string of the molecule is CN(C(=O)OCc1ccccc1)[C@@H](CCC#N)C(=O)O. The number of aliphatic carboxylic acids is 1. The number of ether oxygens (including phenoxy) is 1. The van der Waals surface area contributed by atoms with E-state index in [9.17, 15) is 9.59 Å². The van der Waals surface area contributed by atoms with Crippen molar-refractivity contribution in [3.8, 4) is 6.07 Å². The highest BCUT2D eigenvalue weighted by atomic mass is 16.6. The molecular weight excluding hydrogens is 260 g/mol. The van der Waals surface area contributed by atoms with Gasteiger partial charge in [-0.25, -0.2) is 9.59 Å². The number of carboxylic acid groups (broad SMARTS) is 1. The Morgan fingerprint density at radius 2 is 2.05 bits per heavy atom. The summed E-state index contributed by atoms with van der Waals surface area (Å²) in [5.74, 6) is -1.15. The van der Waals surface area contributed by atoms with Crippen molar-refractivity contribution in [3.63, 3.8) is 0 Å². The van der Waals surface area contributed by atoms with Crippen molar-refractivity contribution in [1.82, 2.24) is 4.90 Å². The predicted octanol–water partition coefficient (Wildman–Crippen LogP) is 2.01. The van der Waals surface area contributed by atoms with Crippen LogP contribution < -0.4 is 0 Å². The van der Waals surface area contributed by atoms with E-state index < -0.39 is 18.1 Å². The number of carbonyl (C=O) groups excluding carboxylic acids is 1. The van der Waals surface area contributed by atoms with Crippen molar-refractivity contribution in [2.24, 2.45) is 0 Å². The monoisotopic (exact) mass is 276 g/mol. The zero-order chi connectivity index (χ0) is 15.0. The zero-order valence-electron chi connectivity index (χ0n) is 11.2. The molecule has 0 aromatic heterocycles. The summed E-state index contributed by atoms with van der Waals surface area (Å²) in [6.45, 7) is 0.0780. The van der Waals surface area contributed by atoms with Crippen molar-refractivity contribution >= 4 is 12.1 Å². The van der Waals surface area contributed by atoms with Gasteiger partial charge in [-0.1, -0.05) is 30.3 Å². The van der Waals surface area contributed by atoms with E-state index in [1.54, 1.807) is 12.1 Å². The third-order valence-corrected chi connectivity index (χ3v) is 2.78. The molecule has 1 amide bonds. The summed E-state index contributed by atoms with van der Waals surface area (Å²) >= 11 is 0. The molecule has 1 aromatic carbocycles. The van der Waals surface area contributed by atoms with E-state index in [0.29, 0.717) is 0 Å². The number of amides is 1. The highest BCUT2D eigenvalue weighted by molar-refractivity contribution is 5.79. The molecule has 0 saturated heterocycles. The van der Waals surface area contributed by atoms with E-state index in [1.807, 2.05) is 24.3 Å². The molecule has 0 spiro atoms. The van der Waals surface area contributed by atoms with E-state index in [0.717, 1.165) is 10.5 Å². The Labute approximate surface area is 117 Å². The predicted molar refractivity (Wildman–Crippen MR) is 70.7 cm³/mol. The highest BCUT2D eigenvalue weighted by Crippen LogP contribution is 2.09. The maximum Gasteiger partial charge on any atom is 0.410 e. The molecular formula is C14H16N2O4. The first-order valence-corrected chi connectivity index (χ1v) is 6.09. The van der Waals surface area contributed by atoms with Gasteiger partial charge in [-0.15, -0.1) is 0 Å². The smallest absolute Gasteiger partial charge is 0.410 e. The molecule has 6 nitrogen and oxygen atoms in total. The highest BCUT2D eigenvalue weighted by Gasteiger charge is 2.27. The average Bonchev–Trinajstić information content (AvgIpc) is 2.45. The summed E-state index contributed by atoms with van der Waals surface area (Å²) in [6, 6.07) is 9.90. The molecule has 0 unspecified atom stereocenters. The topological polar surface area (TPSA) is 90.6 Å². The number of hydrogen-bond donors (Lipinski definition) is 1. The number of nitrogens with zero attached hydrogens (tertiary/aromatic N) is 2. The minimum Gasteiger partial charge on any atom is -0.480 e. The van der Waals surface area contributed by atoms with Crippen molar-refractivity contribution in [2.75, 3.05) is 7.05 Å². The molecule has 0 aliphatic heterocycles. The van der Waals surface area contributed by atoms with Gasteiger partial charge in [-0.2, -0.15) is 5.26 Å². The van der Waals surface area contributed by atoms with E-state index in [2.05, 4.69) is 0 Å². The fourth-order valence-electron chi connectivity index (χ4n) is 1.63. The summed E-state index contributed by atoms with van der Waals surface area (Å²) in [7, 11) is 1.35. The van der Waals surface area contributed by atoms with Gasteiger partial charge in [0.15, 0.2) is 0 Å². The quantitative estimate of drug-likeness (QED) is 0.858. The van der Waals surface area contributed by atoms with Crippen LogP contribution in [0, 0.1) is 11.3 Å². The van der Waals surface area contributed by atoms with Gasteiger partial charge in [-0.05, 0) is 12.0 Å². The molecule has 20 heavy (non-hydrogen) atoms. The lowest BCUT2D eigenvalue weighted by molar-refractivity contribution is -0.142. The Morgan fingerprint density at radius 3 is 2.60 bits per heavy atom. The largest absolute Gasteiger partial charge is 0.480 e. The fourth-order valence-corrected chi connectivity index (χ4v) is 1.63. The van der Waals surface area contributed by atoms with E-state index >= 15 is 0 Å². The van der Waals surface area contributed by atoms with Crippen LogP contribution in [0.5, 0.6) is 0 Å². The Hall–Kier alpha value is -2.55. The summed E-state index contributed by atoms with van der Waals surface area (Å²) < 4.78 is 5.04. The van der Waals surface area contributed by atoms with Gasteiger partial charge in [0, 0.05) is 13.5 Å². The third kappa shape index (κ3) is 4.61. The molecule has 6 heteroatoms. The molecule has 1 N–H and O–H groups in total. The Morgan fingerprint density at radius 1 is 1.40 bits per heavy atom. The van der Waals surface area contributed by atoms with Crippen molar-refractivity contribution in [3.05, 3.63) is 35.9 Å². The number of benzene rings is 1. The van der Waals surface area contributed by atoms with Gasteiger partial charge in [0.1, 0.15) is 12.6 Å². The maximum absolute atomic E-state index is 11.8. The van der Waals surface area contributed by atoms with Crippen LogP contribution in [0.25, 0.3) is 0 Å². The second-order valence-electron chi connectivity index (χ2n) is 4.20. The molecule has 0 saturated carbocycles. The molecule has 0 bridgehead atoms. The van der Waals surface area contributed by atoms with E-state index in [4.69, 9.17) is 15.1 Å². The van der Waals surface area contributed by atoms with Crippen LogP contribution in [0.3, 0.4) is 0 Å². The average molecular weight is 276 g/mol. The Bertz CT molecular complexity index is 496. The number of carbonyl (C=O) groups is 2. The normalized spacial score (nSPS) is 11.2. The number of likely N-dealkylation sites (N-methyl/N-ethyl adjacent to an activating group) is 1. The van der Waals surface area contributed by atoms with Gasteiger partial charge in [0.05, 0.1) is 6.07 Å². The molecule has 106 valence electrons. The second kappa shape index (κ2) is 7.79. The summed E-state index contributed by atoms with van der Waals surface area (Å²) in [5, 5.41) is 17.5. The lowest BCUT2D eigenvalue weighted by Crippen LogP contribution is -2.42. The Balaban J connectivity index is 2.56. The number of rotatable bonds is 6. The second-order valence-corrected chi connectivity index (χ2v) is 4.20. The summed E-state index contributed by atoms with van der Waals surface area (Å²) in [4.78, 5) is 23.9. The third-order valence-electron chi connectivity index (χ3n) is 2.78. The summed E-state index contributed by atoms with van der Waals surface area (Å²) in [5.41, 5.74) is 0.818. The molecule has 0 fully saturated rings. The maximum atomic E-state index is 11.8. The minimum absolute atomic E-state index is 0.0628. The van der Waals surface area contributed by atoms with Gasteiger partial charge in [0.2, 0.25) is 0 Å². The van der Waals surface area contributed by atoms with Crippen molar-refractivity contribution in [2.45, 2.75) is 25.5 Å². The fraction of sp³-hybridized carbons (Fsp3) is 0.357. The van der Waals surface area contributed by atoms with Crippen LogP contribution in [0.2, 0.25) is 0 Å². The van der Waals surface area contributed by atoms with Crippen LogP contribution >= 0.6 is 0 Å². The number of hydrogen-bond acceptors (Lipinski definition) is 4. The Kier molecular flexibility index (Phi) is 6.04. The lowest BCUT2D eigenvalue weighted by Gasteiger charge is -2.23. The first-order chi connectivity index (χ1) is 9.56. The number of nitriles is 1. The van der Waals surface area contributed by atoms with E-state index in [-0.39, 0.29) is 19.4 Å². The zero-order valence-corrected chi connectivity index (χ0v) is 11.2. The van der Waals surface area contributed by atoms with Gasteiger partial charge in [0.25, 0.3) is 0 Å². The molecule has 1 rings (SSSR count). The molecule has 0 radical (unpaired) electrons. The van der Waals surface area contributed by atoms with Crippen LogP contribution in [-0.2, 0) is 16.1 Å². The molecule has 1 aromatic rings. The van der Waals surface area contributed by atoms with Gasteiger partial charge < -0.3 is 9.84 Å². The first-order valence-electron chi connectivity index (χ1n) is 6.09. The molecule has 0 aliphatic rings. The van der Waals surface area contributed by atoms with Crippen LogP contribution in [-0.4, -0.2) is 35.2 Å². The minimum atomic E-state index is -1.15. The molecule has 0 heterocycles. The number of carboxylic acids is 1. The van der Waals surface area contributed by atoms with E-state index in [1.165, 1.54) is 7.05 Å². The van der Waals surface area contributed by atoms with Gasteiger partial charge >= 0.3 is 12.1 Å². The van der Waals surface area contributed by atoms with Crippen LogP contribution in [0.4, 0.5) is 4.79 Å². The molecule has 1 atom stereocenters. The van der Waals surface area contributed by atoms with Gasteiger partial charge in [-0.3, -0.25) is 4.90 Å². The van der Waals surface area contributed by atoms with Crippen molar-refractivity contribution in [1.29, 1.82) is 5.26 Å². The lowest BCUT2D eigenvalue weighted by atomic mass is 10.1. The first kappa shape index (κ1) is 15.5. The standard InChI is InChI=1S/C14H16N2O4/c1-16(12(13(17)18)8-5-9-15)14(19)20-10-11-6-3-2-4-7-11/h2-4,6-7,12H,5,8,10H2,1H3,(H,17,18)/t12-/m0/s1. The van der Waals surface area contributed by atoms with Crippen molar-refractivity contribution < 1.29 is 19.4 Å². The van der Waals surface area contributed by atoms with Crippen LogP contribution in [0.1, 0.15) is 18.4 Å². The molecule has 0 aliphatic carbocycles. The summed E-state index contributed by atoms with van der Waals surface area (Å²) in [6.07, 6.45) is -0.588.